The third kappa shape index (κ3) is 3.41. The van der Waals surface area contributed by atoms with Gasteiger partial charge in [-0.05, 0) is 74.6 Å². The topological polar surface area (TPSA) is 81.2 Å². The second kappa shape index (κ2) is 6.79. The van der Waals surface area contributed by atoms with Crippen molar-refractivity contribution in [1.82, 2.24) is 4.98 Å². The molecule has 1 amide bonds. The zero-order valence-corrected chi connectivity index (χ0v) is 15.6. The van der Waals surface area contributed by atoms with Gasteiger partial charge in [-0.2, -0.15) is 0 Å². The van der Waals surface area contributed by atoms with Gasteiger partial charge in [-0.1, -0.05) is 6.42 Å². The van der Waals surface area contributed by atoms with Crippen molar-refractivity contribution >= 4 is 11.6 Å². The van der Waals surface area contributed by atoms with Crippen molar-refractivity contribution in [2.75, 3.05) is 5.32 Å². The Bertz CT molecular complexity index is 810. The van der Waals surface area contributed by atoms with E-state index in [0.717, 1.165) is 35.7 Å². The van der Waals surface area contributed by atoms with Crippen molar-refractivity contribution in [2.24, 2.45) is 23.5 Å². The summed E-state index contributed by atoms with van der Waals surface area (Å²) in [7, 11) is 0. The Morgan fingerprint density at radius 2 is 1.78 bits per heavy atom. The number of oxazole rings is 1. The van der Waals surface area contributed by atoms with Crippen molar-refractivity contribution < 1.29 is 9.21 Å². The van der Waals surface area contributed by atoms with Crippen LogP contribution in [0.4, 0.5) is 5.69 Å². The Kier molecular flexibility index (Phi) is 4.27. The molecule has 27 heavy (non-hydrogen) atoms. The monoisotopic (exact) mass is 365 g/mol. The quantitative estimate of drug-likeness (QED) is 0.846. The lowest BCUT2D eigenvalue weighted by atomic mass is 9.65. The number of nitrogens with one attached hydrogen (secondary N) is 1. The molecular weight excluding hydrogens is 338 g/mol. The molecule has 3 saturated carbocycles. The van der Waals surface area contributed by atoms with Gasteiger partial charge < -0.3 is 15.5 Å². The molecule has 1 heterocycles. The highest BCUT2D eigenvalue weighted by Crippen LogP contribution is 2.42. The lowest BCUT2D eigenvalue weighted by Crippen LogP contribution is -2.48. The summed E-state index contributed by atoms with van der Waals surface area (Å²) >= 11 is 0. The molecule has 5 rings (SSSR count). The average molecular weight is 365 g/mol. The molecule has 3 fully saturated rings. The first-order chi connectivity index (χ1) is 13.2. The maximum Gasteiger partial charge on any atom is 0.227 e. The lowest BCUT2D eigenvalue weighted by Gasteiger charge is -2.43. The highest BCUT2D eigenvalue weighted by atomic mass is 16.4. The van der Waals surface area contributed by atoms with Crippen molar-refractivity contribution in [3.05, 3.63) is 36.4 Å². The first kappa shape index (κ1) is 17.0. The minimum Gasteiger partial charge on any atom is -0.440 e. The number of hydrogen-bond acceptors (Lipinski definition) is 4. The molecule has 5 heteroatoms. The molecule has 3 aliphatic rings. The fraction of sp³-hybridized carbons (Fsp3) is 0.545. The third-order valence-corrected chi connectivity index (χ3v) is 6.67. The van der Waals surface area contributed by atoms with E-state index >= 15 is 0 Å². The molecule has 0 radical (unpaired) electrons. The summed E-state index contributed by atoms with van der Waals surface area (Å²) in [4.78, 5) is 17.1. The number of amides is 1. The predicted octanol–water partition coefficient (Wildman–Crippen LogP) is 4.31. The largest absolute Gasteiger partial charge is 0.440 e. The normalized spacial score (nSPS) is 30.1. The van der Waals surface area contributed by atoms with Crippen LogP contribution in [0.25, 0.3) is 11.3 Å². The van der Waals surface area contributed by atoms with Gasteiger partial charge in [-0.3, -0.25) is 4.79 Å². The molecule has 2 unspecified atom stereocenters. The Hall–Kier alpha value is -2.14. The Morgan fingerprint density at radius 1 is 1.07 bits per heavy atom. The number of aromatic nitrogens is 1. The highest BCUT2D eigenvalue weighted by Gasteiger charge is 2.40. The van der Waals surface area contributed by atoms with Crippen LogP contribution < -0.4 is 11.1 Å². The van der Waals surface area contributed by atoms with Gasteiger partial charge in [0.2, 0.25) is 5.91 Å². The summed E-state index contributed by atoms with van der Waals surface area (Å²) in [6, 6.07) is 8.16. The number of nitrogens with two attached hydrogens (primary N) is 1. The molecule has 2 atom stereocenters. The summed E-state index contributed by atoms with van der Waals surface area (Å²) in [6.45, 7) is 0. The maximum absolute atomic E-state index is 12.8. The van der Waals surface area contributed by atoms with Gasteiger partial charge in [0.15, 0.2) is 11.7 Å². The summed E-state index contributed by atoms with van der Waals surface area (Å²) in [5, 5.41) is 3.10. The predicted molar refractivity (Wildman–Crippen MR) is 104 cm³/mol. The second-order valence-electron chi connectivity index (χ2n) is 8.60. The molecule has 3 N–H and O–H groups in total. The molecule has 2 bridgehead atoms. The van der Waals surface area contributed by atoms with Gasteiger partial charge in [0.25, 0.3) is 0 Å². The number of carbonyl (C=O) groups excluding carboxylic acids is 1. The minimum atomic E-state index is 0.0927. The lowest BCUT2D eigenvalue weighted by molar-refractivity contribution is -0.122. The number of rotatable bonds is 4. The van der Waals surface area contributed by atoms with Gasteiger partial charge in [0.1, 0.15) is 0 Å². The second-order valence-corrected chi connectivity index (χ2v) is 8.60. The van der Waals surface area contributed by atoms with Crippen LogP contribution in [-0.2, 0) is 4.79 Å². The molecule has 2 aromatic rings. The molecule has 1 aromatic carbocycles. The number of anilines is 1. The van der Waals surface area contributed by atoms with Crippen LogP contribution >= 0.6 is 0 Å². The van der Waals surface area contributed by atoms with Gasteiger partial charge >= 0.3 is 0 Å². The van der Waals surface area contributed by atoms with Crippen molar-refractivity contribution in [2.45, 2.75) is 56.9 Å². The zero-order chi connectivity index (χ0) is 18.4. The van der Waals surface area contributed by atoms with Crippen molar-refractivity contribution in [3.63, 3.8) is 0 Å². The highest BCUT2D eigenvalue weighted by molar-refractivity contribution is 5.92. The number of nitrogens with zero attached hydrogens (tertiary/aromatic N) is 1. The molecule has 0 spiro atoms. The van der Waals surface area contributed by atoms with E-state index in [1.54, 1.807) is 6.20 Å². The smallest absolute Gasteiger partial charge is 0.227 e. The van der Waals surface area contributed by atoms with Crippen molar-refractivity contribution in [1.29, 1.82) is 0 Å². The van der Waals surface area contributed by atoms with E-state index in [1.807, 2.05) is 24.3 Å². The Morgan fingerprint density at radius 3 is 2.44 bits per heavy atom. The summed E-state index contributed by atoms with van der Waals surface area (Å²) in [5.41, 5.74) is 8.18. The number of benzene rings is 1. The summed E-state index contributed by atoms with van der Waals surface area (Å²) < 4.78 is 5.85. The van der Waals surface area contributed by atoms with Crippen LogP contribution in [-0.4, -0.2) is 16.9 Å². The van der Waals surface area contributed by atoms with Crippen LogP contribution in [0.3, 0.4) is 0 Å². The van der Waals surface area contributed by atoms with Crippen LogP contribution in [0.1, 0.15) is 56.8 Å². The van der Waals surface area contributed by atoms with Gasteiger partial charge in [0, 0.05) is 29.1 Å². The van der Waals surface area contributed by atoms with E-state index in [2.05, 4.69) is 10.3 Å². The van der Waals surface area contributed by atoms with E-state index in [-0.39, 0.29) is 11.8 Å². The minimum absolute atomic E-state index is 0.0927. The van der Waals surface area contributed by atoms with E-state index in [1.165, 1.54) is 32.1 Å². The van der Waals surface area contributed by atoms with Gasteiger partial charge in [0.05, 0.1) is 6.20 Å². The van der Waals surface area contributed by atoms with Crippen molar-refractivity contribution in [3.8, 4) is 11.3 Å². The van der Waals surface area contributed by atoms with Gasteiger partial charge in [-0.15, -0.1) is 0 Å². The molecule has 3 aliphatic carbocycles. The van der Waals surface area contributed by atoms with E-state index in [4.69, 9.17) is 10.2 Å². The van der Waals surface area contributed by atoms with Crippen LogP contribution in [0, 0.1) is 17.8 Å². The molecule has 0 saturated heterocycles. The van der Waals surface area contributed by atoms with E-state index in [9.17, 15) is 4.79 Å². The fourth-order valence-electron chi connectivity index (χ4n) is 4.91. The third-order valence-electron chi connectivity index (χ3n) is 6.67. The van der Waals surface area contributed by atoms with E-state index < -0.39 is 0 Å². The van der Waals surface area contributed by atoms with Gasteiger partial charge in [-0.25, -0.2) is 4.98 Å². The summed E-state index contributed by atoms with van der Waals surface area (Å²) in [5.74, 6) is 3.43. The van der Waals surface area contributed by atoms with Crippen LogP contribution in [0.2, 0.25) is 0 Å². The maximum atomic E-state index is 12.8. The first-order valence-corrected chi connectivity index (χ1v) is 10.3. The summed E-state index contributed by atoms with van der Waals surface area (Å²) in [6.07, 6.45) is 9.64. The fourth-order valence-corrected chi connectivity index (χ4v) is 4.91. The molecular formula is C22H27N3O2. The first-order valence-electron chi connectivity index (χ1n) is 10.3. The van der Waals surface area contributed by atoms with Crippen LogP contribution in [0.5, 0.6) is 0 Å². The Labute approximate surface area is 159 Å². The molecule has 5 nitrogen and oxygen atoms in total. The molecule has 1 aromatic heterocycles. The number of fused-ring (bicyclic) bond motifs is 2. The molecule has 0 aliphatic heterocycles. The van der Waals surface area contributed by atoms with E-state index in [0.29, 0.717) is 23.8 Å². The number of carbonyl (C=O) groups is 1. The standard InChI is InChI=1S/C22H27N3O2/c23-20-15-2-1-3-16(20)11-17(10-15)21(26)25-18-8-6-13(7-9-18)19-12-24-22(27-19)14-4-5-14/h6-9,12,14-17,20H,1-5,10-11,23H2,(H,25,26). The zero-order valence-electron chi connectivity index (χ0n) is 15.6. The average Bonchev–Trinajstić information content (AvgIpc) is 3.39. The molecule has 142 valence electrons. The number of hydrogen-bond donors (Lipinski definition) is 2. The Balaban J connectivity index is 1.23. The SMILES string of the molecule is NC1C2CCCC1CC(C(=O)Nc1ccc(-c3cnc(C4CC4)o3)cc1)C2. The van der Waals surface area contributed by atoms with Crippen LogP contribution in [0.15, 0.2) is 34.9 Å².